The van der Waals surface area contributed by atoms with E-state index in [2.05, 4.69) is 65.7 Å². The van der Waals surface area contributed by atoms with E-state index in [4.69, 9.17) is 0 Å². The average molecular weight is 353 g/mol. The molecule has 140 valence electrons. The second kappa shape index (κ2) is 12.4. The molecule has 1 heterocycles. The van der Waals surface area contributed by atoms with Crippen LogP contribution >= 0.6 is 0 Å². The molecule has 0 aromatic heterocycles. The second-order valence-electron chi connectivity index (χ2n) is 6.81. The molecule has 3 rings (SSSR count). The van der Waals surface area contributed by atoms with Gasteiger partial charge in [-0.15, -0.1) is 0 Å². The zero-order chi connectivity index (χ0) is 18.5. The van der Waals surface area contributed by atoms with E-state index in [9.17, 15) is 4.79 Å². The molecule has 3 nitrogen and oxygen atoms in total. The summed E-state index contributed by atoms with van der Waals surface area (Å²) in [6.07, 6.45) is 4.09. The number of unbranched alkanes of at least 4 members (excludes halogenated alkanes) is 1. The van der Waals surface area contributed by atoms with E-state index in [1.54, 1.807) is 0 Å². The van der Waals surface area contributed by atoms with Crippen molar-refractivity contribution in [2.45, 2.75) is 45.7 Å². The van der Waals surface area contributed by atoms with Gasteiger partial charge in [-0.1, -0.05) is 74.0 Å². The minimum atomic E-state index is 0.442. The Hall–Kier alpha value is -1.97. The van der Waals surface area contributed by atoms with Crippen LogP contribution in [0.25, 0.3) is 0 Å². The van der Waals surface area contributed by atoms with E-state index in [0.717, 1.165) is 39.0 Å². The number of likely N-dealkylation sites (tertiary alicyclic amines) is 1. The van der Waals surface area contributed by atoms with E-state index in [-0.39, 0.29) is 0 Å². The first-order chi connectivity index (χ1) is 12.8. The summed E-state index contributed by atoms with van der Waals surface area (Å²) >= 11 is 0. The van der Waals surface area contributed by atoms with Crippen molar-refractivity contribution >= 4 is 5.78 Å². The maximum atomic E-state index is 10.9. The second-order valence-corrected chi connectivity index (χ2v) is 6.81. The molecule has 26 heavy (non-hydrogen) atoms. The zero-order valence-electron chi connectivity index (χ0n) is 16.0. The van der Waals surface area contributed by atoms with Gasteiger partial charge in [-0.3, -0.25) is 4.79 Å². The van der Waals surface area contributed by atoms with Crippen LogP contribution in [0.1, 0.15) is 43.7 Å². The molecular weight excluding hydrogens is 320 g/mol. The molecule has 2 aromatic rings. The molecule has 1 aliphatic heterocycles. The van der Waals surface area contributed by atoms with Crippen molar-refractivity contribution in [2.24, 2.45) is 0 Å². The van der Waals surface area contributed by atoms with Gasteiger partial charge < -0.3 is 10.2 Å². The number of benzene rings is 2. The van der Waals surface area contributed by atoms with Crippen LogP contribution in [0.3, 0.4) is 0 Å². The lowest BCUT2D eigenvalue weighted by Gasteiger charge is -2.25. The first-order valence-corrected chi connectivity index (χ1v) is 9.80. The lowest BCUT2D eigenvalue weighted by atomic mass is 10.1. The van der Waals surface area contributed by atoms with Gasteiger partial charge in [0.1, 0.15) is 5.78 Å². The Morgan fingerprint density at radius 1 is 0.846 bits per heavy atom. The van der Waals surface area contributed by atoms with E-state index < -0.39 is 0 Å². The van der Waals surface area contributed by atoms with Crippen molar-refractivity contribution in [3.8, 4) is 0 Å². The lowest BCUT2D eigenvalue weighted by Crippen LogP contribution is -2.34. The largest absolute Gasteiger partial charge is 0.309 e. The first kappa shape index (κ1) is 20.3. The third kappa shape index (κ3) is 8.41. The maximum Gasteiger partial charge on any atom is 0.135 e. The van der Waals surface area contributed by atoms with Gasteiger partial charge in [-0.2, -0.15) is 0 Å². The topological polar surface area (TPSA) is 32.3 Å². The summed E-state index contributed by atoms with van der Waals surface area (Å²) in [5, 5.41) is 3.42. The predicted molar refractivity (Wildman–Crippen MR) is 109 cm³/mol. The Morgan fingerprint density at radius 3 is 1.81 bits per heavy atom. The van der Waals surface area contributed by atoms with Gasteiger partial charge >= 0.3 is 0 Å². The van der Waals surface area contributed by atoms with Crippen molar-refractivity contribution in [1.29, 1.82) is 0 Å². The predicted octanol–water partition coefficient (Wildman–Crippen LogP) is 4.43. The zero-order valence-corrected chi connectivity index (χ0v) is 16.0. The number of nitrogens with one attached hydrogen (secondary N) is 1. The molecule has 0 bridgehead atoms. The van der Waals surface area contributed by atoms with Gasteiger partial charge in [0, 0.05) is 39.0 Å². The molecule has 0 radical (unpaired) electrons. The van der Waals surface area contributed by atoms with E-state index in [1.807, 2.05) is 12.1 Å². The molecule has 1 fully saturated rings. The van der Waals surface area contributed by atoms with Crippen LogP contribution in [0, 0.1) is 0 Å². The molecule has 0 spiro atoms. The number of hydrogen-bond donors (Lipinski definition) is 1. The molecule has 0 amide bonds. The van der Waals surface area contributed by atoms with Crippen LogP contribution in [0.5, 0.6) is 0 Å². The Balaban J connectivity index is 0.000000197. The molecule has 0 unspecified atom stereocenters. The molecule has 0 atom stereocenters. The Bertz CT molecular complexity index is 563. The molecule has 3 heteroatoms. The van der Waals surface area contributed by atoms with E-state index in [0.29, 0.717) is 5.78 Å². The fraction of sp³-hybridized carbons (Fsp3) is 0.435. The summed E-state index contributed by atoms with van der Waals surface area (Å²) in [6, 6.07) is 20.9. The third-order valence-electron chi connectivity index (χ3n) is 4.59. The Labute approximate surface area is 158 Å². The Morgan fingerprint density at radius 2 is 1.35 bits per heavy atom. The smallest absolute Gasteiger partial charge is 0.135 e. The van der Waals surface area contributed by atoms with Crippen molar-refractivity contribution < 1.29 is 4.79 Å². The number of nitrogens with zero attached hydrogens (tertiary/aromatic N) is 1. The highest BCUT2D eigenvalue weighted by molar-refractivity contribution is 5.79. The Kier molecular flexibility index (Phi) is 9.70. The summed E-state index contributed by atoms with van der Waals surface area (Å²) < 4.78 is 0. The van der Waals surface area contributed by atoms with Gasteiger partial charge in [0.2, 0.25) is 0 Å². The molecule has 1 N–H and O–H groups in total. The number of piperidine rings is 1. The molecule has 0 aliphatic carbocycles. The molecule has 0 saturated carbocycles. The molecule has 2 aromatic carbocycles. The van der Waals surface area contributed by atoms with Gasteiger partial charge in [-0.25, -0.2) is 0 Å². The van der Waals surface area contributed by atoms with Gasteiger partial charge in [-0.05, 0) is 24.1 Å². The minimum absolute atomic E-state index is 0.442. The van der Waals surface area contributed by atoms with Crippen LogP contribution < -0.4 is 5.32 Å². The van der Waals surface area contributed by atoms with Crippen molar-refractivity contribution in [3.63, 3.8) is 0 Å². The first-order valence-electron chi connectivity index (χ1n) is 9.80. The van der Waals surface area contributed by atoms with Gasteiger partial charge in [0.25, 0.3) is 0 Å². The number of carbonyl (C=O) groups is 1. The maximum absolute atomic E-state index is 10.9. The molecule has 1 aliphatic rings. The number of Topliss-reactive ketones (excluding diaryl/α,β-unsaturated/α-hetero) is 1. The normalized spacial score (nSPS) is 14.6. The SMILES string of the molecule is CCCCN1CCC(=O)CC1.c1ccc(CNCc2ccccc2)cc1. The summed E-state index contributed by atoms with van der Waals surface area (Å²) in [5.74, 6) is 0.442. The highest BCUT2D eigenvalue weighted by Gasteiger charge is 2.14. The average Bonchev–Trinajstić information content (AvgIpc) is 2.70. The van der Waals surface area contributed by atoms with Crippen LogP contribution in [0.4, 0.5) is 0 Å². The fourth-order valence-electron chi connectivity index (χ4n) is 2.95. The molecule has 1 saturated heterocycles. The summed E-state index contributed by atoms with van der Waals surface area (Å²) in [7, 11) is 0. The molecular formula is C23H32N2O. The summed E-state index contributed by atoms with van der Waals surface area (Å²) in [4.78, 5) is 13.2. The quantitative estimate of drug-likeness (QED) is 0.800. The van der Waals surface area contributed by atoms with E-state index >= 15 is 0 Å². The van der Waals surface area contributed by atoms with Crippen LogP contribution in [-0.2, 0) is 17.9 Å². The van der Waals surface area contributed by atoms with Crippen LogP contribution in [-0.4, -0.2) is 30.3 Å². The summed E-state index contributed by atoms with van der Waals surface area (Å²) in [5.41, 5.74) is 2.65. The fourth-order valence-corrected chi connectivity index (χ4v) is 2.95. The number of hydrogen-bond acceptors (Lipinski definition) is 3. The number of rotatable bonds is 7. The van der Waals surface area contributed by atoms with Crippen LogP contribution in [0.15, 0.2) is 60.7 Å². The van der Waals surface area contributed by atoms with Crippen LogP contribution in [0.2, 0.25) is 0 Å². The van der Waals surface area contributed by atoms with Crippen molar-refractivity contribution in [1.82, 2.24) is 10.2 Å². The van der Waals surface area contributed by atoms with E-state index in [1.165, 1.54) is 30.5 Å². The monoisotopic (exact) mass is 352 g/mol. The standard InChI is InChI=1S/C14H15N.C9H17NO/c1-3-7-13(8-4-1)11-15-12-14-9-5-2-6-10-14;1-2-3-6-10-7-4-9(11)5-8-10/h1-10,15H,11-12H2;2-8H2,1H3. The highest BCUT2D eigenvalue weighted by atomic mass is 16.1. The number of carbonyl (C=O) groups excluding carboxylic acids is 1. The lowest BCUT2D eigenvalue weighted by molar-refractivity contribution is -0.121. The minimum Gasteiger partial charge on any atom is -0.309 e. The number of ketones is 1. The van der Waals surface area contributed by atoms with Crippen molar-refractivity contribution in [3.05, 3.63) is 71.8 Å². The van der Waals surface area contributed by atoms with Crippen molar-refractivity contribution in [2.75, 3.05) is 19.6 Å². The summed E-state index contributed by atoms with van der Waals surface area (Å²) in [6.45, 7) is 7.24. The van der Waals surface area contributed by atoms with Gasteiger partial charge in [0.05, 0.1) is 0 Å². The van der Waals surface area contributed by atoms with Gasteiger partial charge in [0.15, 0.2) is 0 Å². The highest BCUT2D eigenvalue weighted by Crippen LogP contribution is 2.06. The third-order valence-corrected chi connectivity index (χ3v) is 4.59.